The van der Waals surface area contributed by atoms with Gasteiger partial charge < -0.3 is 4.42 Å². The lowest BCUT2D eigenvalue weighted by atomic mass is 10.2. The van der Waals surface area contributed by atoms with Crippen molar-refractivity contribution in [2.45, 2.75) is 24.8 Å². The van der Waals surface area contributed by atoms with Gasteiger partial charge >= 0.3 is 0 Å². The number of hydrogen-bond donors (Lipinski definition) is 1. The number of aryl methyl sites for hydroxylation is 2. The molecule has 0 unspecified atom stereocenters. The van der Waals surface area contributed by atoms with Crippen LogP contribution >= 0.6 is 0 Å². The molecule has 3 aromatic rings. The van der Waals surface area contributed by atoms with Gasteiger partial charge in [-0.15, -0.1) is 5.10 Å². The first-order valence-electron chi connectivity index (χ1n) is 7.28. The van der Waals surface area contributed by atoms with E-state index in [-0.39, 0.29) is 4.90 Å². The summed E-state index contributed by atoms with van der Waals surface area (Å²) in [5.74, 6) is 1.78. The highest BCUT2D eigenvalue weighted by Gasteiger charge is 2.21. The lowest BCUT2D eigenvalue weighted by Gasteiger charge is -2.12. The minimum atomic E-state index is -3.71. The van der Waals surface area contributed by atoms with Crippen LogP contribution in [0.3, 0.4) is 0 Å². The molecular weight excluding hydrogens is 330 g/mol. The number of sulfonamides is 1. The maximum Gasteiger partial charge on any atom is 0.241 e. The molecule has 0 fully saturated rings. The predicted octanol–water partition coefficient (Wildman–Crippen LogP) is 1.82. The van der Waals surface area contributed by atoms with E-state index < -0.39 is 16.1 Å². The fourth-order valence-corrected chi connectivity index (χ4v) is 3.58. The van der Waals surface area contributed by atoms with Crippen molar-refractivity contribution >= 4 is 10.0 Å². The molecule has 9 heteroatoms. The van der Waals surface area contributed by atoms with Gasteiger partial charge in [-0.3, -0.25) is 0 Å². The molecule has 0 saturated heterocycles. The summed E-state index contributed by atoms with van der Waals surface area (Å²) in [6, 6.07) is 9.53. The number of tetrazole rings is 1. The molecule has 3 rings (SSSR count). The second-order valence-electron chi connectivity index (χ2n) is 5.45. The molecule has 0 radical (unpaired) electrons. The van der Waals surface area contributed by atoms with Crippen molar-refractivity contribution < 1.29 is 12.8 Å². The maximum atomic E-state index is 12.6. The minimum absolute atomic E-state index is 0.137. The van der Waals surface area contributed by atoms with Gasteiger partial charge in [0.25, 0.3) is 0 Å². The number of benzene rings is 1. The zero-order valence-corrected chi connectivity index (χ0v) is 14.3. The first kappa shape index (κ1) is 16.3. The minimum Gasteiger partial charge on any atom is -0.465 e. The molecule has 2 aromatic heterocycles. The molecule has 8 nitrogen and oxygen atoms in total. The van der Waals surface area contributed by atoms with Crippen LogP contribution in [0, 0.1) is 6.92 Å². The molecule has 0 aliphatic heterocycles. The maximum absolute atomic E-state index is 12.6. The third kappa shape index (κ3) is 3.22. The van der Waals surface area contributed by atoms with Crippen LogP contribution < -0.4 is 4.72 Å². The number of aromatic nitrogens is 4. The van der Waals surface area contributed by atoms with Gasteiger partial charge in [-0.2, -0.15) is 0 Å². The van der Waals surface area contributed by atoms with Crippen LogP contribution in [-0.2, 0) is 17.1 Å². The Hall–Kier alpha value is -2.52. The molecule has 0 aliphatic rings. The lowest BCUT2D eigenvalue weighted by molar-refractivity contribution is 0.441. The number of hydrogen-bond acceptors (Lipinski definition) is 6. The quantitative estimate of drug-likeness (QED) is 0.755. The normalized spacial score (nSPS) is 13.1. The van der Waals surface area contributed by atoms with Crippen LogP contribution in [0.1, 0.15) is 24.5 Å². The van der Waals surface area contributed by atoms with E-state index in [1.807, 2.05) is 6.92 Å². The van der Waals surface area contributed by atoms with Crippen molar-refractivity contribution in [1.82, 2.24) is 24.9 Å². The summed E-state index contributed by atoms with van der Waals surface area (Å²) in [6.45, 7) is 3.54. The highest BCUT2D eigenvalue weighted by Crippen LogP contribution is 2.22. The lowest BCUT2D eigenvalue weighted by Crippen LogP contribution is -2.26. The average molecular weight is 347 g/mol. The van der Waals surface area contributed by atoms with Gasteiger partial charge in [0.2, 0.25) is 10.0 Å². The monoisotopic (exact) mass is 347 g/mol. The second-order valence-corrected chi connectivity index (χ2v) is 7.16. The summed E-state index contributed by atoms with van der Waals surface area (Å²) in [7, 11) is -2.02. The summed E-state index contributed by atoms with van der Waals surface area (Å²) < 4.78 is 34.8. The molecule has 2 heterocycles. The Labute approximate surface area is 139 Å². The van der Waals surface area contributed by atoms with Crippen molar-refractivity contribution in [3.8, 4) is 11.4 Å². The zero-order valence-electron chi connectivity index (χ0n) is 13.5. The average Bonchev–Trinajstić information content (AvgIpc) is 3.15. The summed E-state index contributed by atoms with van der Waals surface area (Å²) >= 11 is 0. The van der Waals surface area contributed by atoms with E-state index in [4.69, 9.17) is 4.42 Å². The van der Waals surface area contributed by atoms with Gasteiger partial charge in [0, 0.05) is 12.6 Å². The van der Waals surface area contributed by atoms with Gasteiger partial charge in [0.15, 0.2) is 5.82 Å². The van der Waals surface area contributed by atoms with Crippen molar-refractivity contribution in [3.63, 3.8) is 0 Å². The van der Waals surface area contributed by atoms with E-state index in [1.54, 1.807) is 38.2 Å². The number of nitrogens with zero attached hydrogens (tertiary/aromatic N) is 4. The molecule has 1 aromatic carbocycles. The largest absolute Gasteiger partial charge is 0.465 e. The van der Waals surface area contributed by atoms with E-state index in [0.29, 0.717) is 17.1 Å². The smallest absolute Gasteiger partial charge is 0.241 e. The summed E-state index contributed by atoms with van der Waals surface area (Å²) in [6.07, 6.45) is 0. The molecule has 1 N–H and O–H groups in total. The van der Waals surface area contributed by atoms with Gasteiger partial charge in [-0.05, 0) is 48.5 Å². The van der Waals surface area contributed by atoms with Gasteiger partial charge in [0.05, 0.1) is 10.9 Å². The van der Waals surface area contributed by atoms with Crippen LogP contribution in [0.25, 0.3) is 11.4 Å². The first-order chi connectivity index (χ1) is 11.4. The topological polar surface area (TPSA) is 103 Å². The van der Waals surface area contributed by atoms with Crippen LogP contribution in [0.15, 0.2) is 45.7 Å². The Bertz CT molecular complexity index is 961. The van der Waals surface area contributed by atoms with E-state index in [0.717, 1.165) is 5.76 Å². The molecule has 0 amide bonds. The molecule has 0 spiro atoms. The molecule has 1 atom stereocenters. The Morgan fingerprint density at radius 2 is 2.04 bits per heavy atom. The van der Waals surface area contributed by atoms with Crippen LogP contribution in [0.2, 0.25) is 0 Å². The van der Waals surface area contributed by atoms with Crippen molar-refractivity contribution in [2.24, 2.45) is 7.05 Å². The van der Waals surface area contributed by atoms with E-state index in [9.17, 15) is 8.42 Å². The fraction of sp³-hybridized carbons (Fsp3) is 0.267. The predicted molar refractivity (Wildman–Crippen MR) is 86.4 cm³/mol. The molecular formula is C15H17N5O3S. The van der Waals surface area contributed by atoms with Gasteiger partial charge in [-0.1, -0.05) is 12.1 Å². The third-order valence-electron chi connectivity index (χ3n) is 3.54. The Balaban J connectivity index is 1.89. The van der Waals surface area contributed by atoms with Crippen LogP contribution in [0.5, 0.6) is 0 Å². The Morgan fingerprint density at radius 3 is 2.67 bits per heavy atom. The zero-order chi connectivity index (χ0) is 17.3. The molecule has 0 bridgehead atoms. The van der Waals surface area contributed by atoms with Crippen LogP contribution in [0.4, 0.5) is 0 Å². The second kappa shape index (κ2) is 6.17. The summed E-state index contributed by atoms with van der Waals surface area (Å²) in [4.78, 5) is 0.137. The number of furan rings is 1. The number of rotatable bonds is 5. The van der Waals surface area contributed by atoms with Gasteiger partial charge in [-0.25, -0.2) is 17.8 Å². The fourth-order valence-electron chi connectivity index (χ4n) is 2.32. The SMILES string of the molecule is Cc1ccc([C@@H](C)NS(=O)(=O)c2cccc(-c3nnnn3C)c2)o1. The van der Waals surface area contributed by atoms with Crippen LogP contribution in [-0.4, -0.2) is 28.6 Å². The molecule has 0 aliphatic carbocycles. The van der Waals surface area contributed by atoms with Crippen molar-refractivity contribution in [2.75, 3.05) is 0 Å². The summed E-state index contributed by atoms with van der Waals surface area (Å²) in [5.41, 5.74) is 0.617. The third-order valence-corrected chi connectivity index (χ3v) is 5.08. The molecule has 0 saturated carbocycles. The molecule has 126 valence electrons. The van der Waals surface area contributed by atoms with Crippen molar-refractivity contribution in [1.29, 1.82) is 0 Å². The standard InChI is InChI=1S/C15H17N5O3S/c1-10-7-8-14(23-10)11(2)17-24(21,22)13-6-4-5-12(9-13)15-16-18-19-20(15)3/h4-9,11,17H,1-3H3/t11-/m1/s1. The number of nitrogens with one attached hydrogen (secondary N) is 1. The van der Waals surface area contributed by atoms with E-state index in [2.05, 4.69) is 20.2 Å². The summed E-state index contributed by atoms with van der Waals surface area (Å²) in [5, 5.41) is 11.2. The molecule has 24 heavy (non-hydrogen) atoms. The highest BCUT2D eigenvalue weighted by molar-refractivity contribution is 7.89. The van der Waals surface area contributed by atoms with Crippen molar-refractivity contribution in [3.05, 3.63) is 47.9 Å². The Morgan fingerprint density at radius 1 is 1.25 bits per heavy atom. The van der Waals surface area contributed by atoms with E-state index in [1.165, 1.54) is 16.8 Å². The van der Waals surface area contributed by atoms with Gasteiger partial charge in [0.1, 0.15) is 11.5 Å². The Kier molecular flexibility index (Phi) is 4.20. The van der Waals surface area contributed by atoms with E-state index >= 15 is 0 Å². The first-order valence-corrected chi connectivity index (χ1v) is 8.76. The highest BCUT2D eigenvalue weighted by atomic mass is 32.2.